The molecule has 1 rings (SSSR count). The average molecular weight is 249 g/mol. The molecular formula is C13H15NO2S. The number of unbranched alkanes of at least 4 members (excludes halogenated alkanes) is 1. The first-order valence-electron chi connectivity index (χ1n) is 5.40. The van der Waals surface area contributed by atoms with Gasteiger partial charge < -0.3 is 0 Å². The third-order valence-electron chi connectivity index (χ3n) is 2.40. The van der Waals surface area contributed by atoms with Crippen LogP contribution in [-0.4, -0.2) is 14.2 Å². The Labute approximate surface area is 102 Å². The Kier molecular flexibility index (Phi) is 4.92. The molecule has 0 heterocycles. The minimum Gasteiger partial charge on any atom is -0.224 e. The highest BCUT2D eigenvalue weighted by atomic mass is 32.2. The van der Waals surface area contributed by atoms with Crippen LogP contribution in [-0.2, 0) is 16.3 Å². The van der Waals surface area contributed by atoms with Crippen molar-refractivity contribution in [1.82, 2.24) is 0 Å². The van der Waals surface area contributed by atoms with Crippen LogP contribution < -0.4 is 0 Å². The van der Waals surface area contributed by atoms with Crippen LogP contribution in [0.3, 0.4) is 0 Å². The zero-order chi connectivity index (χ0) is 12.7. The SMILES string of the molecule is C=CCCCS(=O)(=O)c1ccccc1CC#N. The van der Waals surface area contributed by atoms with E-state index in [-0.39, 0.29) is 17.1 Å². The van der Waals surface area contributed by atoms with Crippen LogP contribution in [0.25, 0.3) is 0 Å². The fourth-order valence-corrected chi connectivity index (χ4v) is 3.16. The molecule has 1 aromatic carbocycles. The number of benzene rings is 1. The molecule has 0 aliphatic heterocycles. The molecule has 4 heteroatoms. The van der Waals surface area contributed by atoms with E-state index in [4.69, 9.17) is 5.26 Å². The molecule has 0 fully saturated rings. The van der Waals surface area contributed by atoms with Gasteiger partial charge in [-0.2, -0.15) is 5.26 Å². The van der Waals surface area contributed by atoms with E-state index in [0.717, 1.165) is 0 Å². The molecule has 0 atom stereocenters. The fraction of sp³-hybridized carbons (Fsp3) is 0.308. The van der Waals surface area contributed by atoms with E-state index < -0.39 is 9.84 Å². The molecule has 0 aromatic heterocycles. The Hall–Kier alpha value is -1.60. The van der Waals surface area contributed by atoms with Gasteiger partial charge in [-0.15, -0.1) is 6.58 Å². The van der Waals surface area contributed by atoms with Gasteiger partial charge in [-0.25, -0.2) is 8.42 Å². The lowest BCUT2D eigenvalue weighted by molar-refractivity contribution is 0.593. The molecule has 90 valence electrons. The number of allylic oxidation sites excluding steroid dienone is 1. The Balaban J connectivity index is 2.98. The monoisotopic (exact) mass is 249 g/mol. The standard InChI is InChI=1S/C13H15NO2S/c1-2-3-6-11-17(15,16)13-8-5-4-7-12(13)9-10-14/h2,4-5,7-8H,1,3,6,9,11H2. The van der Waals surface area contributed by atoms with E-state index in [0.29, 0.717) is 18.4 Å². The molecule has 0 radical (unpaired) electrons. The molecule has 1 aromatic rings. The topological polar surface area (TPSA) is 57.9 Å². The normalized spacial score (nSPS) is 10.8. The van der Waals surface area contributed by atoms with E-state index >= 15 is 0 Å². The van der Waals surface area contributed by atoms with Gasteiger partial charge in [0.05, 0.1) is 23.1 Å². The van der Waals surface area contributed by atoms with Crippen LogP contribution >= 0.6 is 0 Å². The van der Waals surface area contributed by atoms with E-state index in [1.165, 1.54) is 0 Å². The van der Waals surface area contributed by atoms with Crippen LogP contribution in [0.1, 0.15) is 18.4 Å². The molecule has 3 nitrogen and oxygen atoms in total. The van der Waals surface area contributed by atoms with Gasteiger partial charge in [0.2, 0.25) is 0 Å². The molecule has 0 aliphatic rings. The van der Waals surface area contributed by atoms with E-state index in [9.17, 15) is 8.42 Å². The van der Waals surface area contributed by atoms with Crippen molar-refractivity contribution in [3.63, 3.8) is 0 Å². The Morgan fingerprint density at radius 1 is 1.35 bits per heavy atom. The Bertz CT molecular complexity index is 527. The van der Waals surface area contributed by atoms with Crippen LogP contribution in [0.4, 0.5) is 0 Å². The second kappa shape index (κ2) is 6.21. The molecule has 0 amide bonds. The Morgan fingerprint density at radius 2 is 2.06 bits per heavy atom. The van der Waals surface area contributed by atoms with Gasteiger partial charge in [0, 0.05) is 0 Å². The molecule has 0 saturated carbocycles. The highest BCUT2D eigenvalue weighted by Crippen LogP contribution is 2.18. The van der Waals surface area contributed by atoms with Crippen LogP contribution in [0.15, 0.2) is 41.8 Å². The summed E-state index contributed by atoms with van der Waals surface area (Å²) in [6.45, 7) is 3.56. The smallest absolute Gasteiger partial charge is 0.178 e. The first-order chi connectivity index (χ1) is 8.11. The minimum atomic E-state index is -3.28. The maximum atomic E-state index is 12.1. The highest BCUT2D eigenvalue weighted by molar-refractivity contribution is 7.91. The lowest BCUT2D eigenvalue weighted by atomic mass is 10.2. The molecule has 0 N–H and O–H groups in total. The summed E-state index contributed by atoms with van der Waals surface area (Å²) in [7, 11) is -3.28. The van der Waals surface area contributed by atoms with Crippen molar-refractivity contribution in [2.75, 3.05) is 5.75 Å². The third kappa shape index (κ3) is 3.72. The third-order valence-corrected chi connectivity index (χ3v) is 4.29. The van der Waals surface area contributed by atoms with Gasteiger partial charge in [-0.05, 0) is 24.5 Å². The van der Waals surface area contributed by atoms with Crippen LogP contribution in [0.2, 0.25) is 0 Å². The van der Waals surface area contributed by atoms with Crippen molar-refractivity contribution in [2.45, 2.75) is 24.2 Å². The van der Waals surface area contributed by atoms with Crippen molar-refractivity contribution in [3.05, 3.63) is 42.5 Å². The van der Waals surface area contributed by atoms with Crippen molar-refractivity contribution in [1.29, 1.82) is 5.26 Å². The van der Waals surface area contributed by atoms with Gasteiger partial charge in [0.25, 0.3) is 0 Å². The quantitative estimate of drug-likeness (QED) is 0.575. The van der Waals surface area contributed by atoms with Gasteiger partial charge in [-0.1, -0.05) is 24.3 Å². The summed E-state index contributed by atoms with van der Waals surface area (Å²) in [6.07, 6.45) is 3.07. The molecular weight excluding hydrogens is 234 g/mol. The van der Waals surface area contributed by atoms with E-state index in [1.807, 2.05) is 6.07 Å². The fourth-order valence-electron chi connectivity index (χ4n) is 1.57. The first-order valence-corrected chi connectivity index (χ1v) is 7.05. The maximum Gasteiger partial charge on any atom is 0.178 e. The van der Waals surface area contributed by atoms with Crippen molar-refractivity contribution < 1.29 is 8.42 Å². The van der Waals surface area contributed by atoms with Gasteiger partial charge in [0.1, 0.15) is 0 Å². The van der Waals surface area contributed by atoms with Crippen LogP contribution in [0, 0.1) is 11.3 Å². The van der Waals surface area contributed by atoms with Crippen LogP contribution in [0.5, 0.6) is 0 Å². The van der Waals surface area contributed by atoms with Gasteiger partial charge in [0.15, 0.2) is 9.84 Å². The molecule has 17 heavy (non-hydrogen) atoms. The molecule has 0 bridgehead atoms. The summed E-state index contributed by atoms with van der Waals surface area (Å²) in [5.74, 6) is 0.0987. The van der Waals surface area contributed by atoms with Gasteiger partial charge >= 0.3 is 0 Å². The zero-order valence-electron chi connectivity index (χ0n) is 9.59. The number of rotatable bonds is 6. The summed E-state index contributed by atoms with van der Waals surface area (Å²) >= 11 is 0. The van der Waals surface area contributed by atoms with Crippen molar-refractivity contribution in [3.8, 4) is 6.07 Å². The largest absolute Gasteiger partial charge is 0.224 e. The lowest BCUT2D eigenvalue weighted by Crippen LogP contribution is -2.09. The summed E-state index contributed by atoms with van der Waals surface area (Å²) in [5, 5.41) is 8.67. The summed E-state index contributed by atoms with van der Waals surface area (Å²) in [5.41, 5.74) is 0.577. The summed E-state index contributed by atoms with van der Waals surface area (Å²) in [6, 6.07) is 8.66. The first kappa shape index (κ1) is 13.5. The minimum absolute atomic E-state index is 0.0987. The lowest BCUT2D eigenvalue weighted by Gasteiger charge is -2.07. The van der Waals surface area contributed by atoms with Crippen molar-refractivity contribution >= 4 is 9.84 Å². The van der Waals surface area contributed by atoms with E-state index in [2.05, 4.69) is 6.58 Å². The molecule has 0 aliphatic carbocycles. The summed E-state index contributed by atoms with van der Waals surface area (Å²) < 4.78 is 24.1. The molecule has 0 spiro atoms. The number of nitrogens with zero attached hydrogens (tertiary/aromatic N) is 1. The highest BCUT2D eigenvalue weighted by Gasteiger charge is 2.17. The van der Waals surface area contributed by atoms with Gasteiger partial charge in [-0.3, -0.25) is 0 Å². The van der Waals surface area contributed by atoms with E-state index in [1.54, 1.807) is 30.3 Å². The molecule has 0 unspecified atom stereocenters. The predicted molar refractivity (Wildman–Crippen MR) is 67.2 cm³/mol. The van der Waals surface area contributed by atoms with Crippen molar-refractivity contribution in [2.24, 2.45) is 0 Å². The number of hydrogen-bond donors (Lipinski definition) is 0. The average Bonchev–Trinajstić information content (AvgIpc) is 2.30. The second-order valence-corrected chi connectivity index (χ2v) is 5.77. The number of sulfone groups is 1. The summed E-state index contributed by atoms with van der Waals surface area (Å²) in [4.78, 5) is 0.283. The second-order valence-electron chi connectivity index (χ2n) is 3.69. The Morgan fingerprint density at radius 3 is 2.71 bits per heavy atom. The molecule has 0 saturated heterocycles. The predicted octanol–water partition coefficient (Wildman–Crippen LogP) is 2.49. The maximum absolute atomic E-state index is 12.1. The number of nitriles is 1. The number of hydrogen-bond acceptors (Lipinski definition) is 3. The zero-order valence-corrected chi connectivity index (χ0v) is 10.4.